The molecule has 1 atom stereocenters. The zero-order chi connectivity index (χ0) is 11.0. The van der Waals surface area contributed by atoms with Crippen LogP contribution in [0.2, 0.25) is 0 Å². The van der Waals surface area contributed by atoms with E-state index in [0.29, 0.717) is 0 Å². The van der Waals surface area contributed by atoms with Crippen LogP contribution in [-0.2, 0) is 12.6 Å². The van der Waals surface area contributed by atoms with Gasteiger partial charge in [-0.1, -0.05) is 0 Å². The van der Waals surface area contributed by atoms with E-state index in [1.807, 2.05) is 0 Å². The van der Waals surface area contributed by atoms with Crippen molar-refractivity contribution in [3.05, 3.63) is 18.2 Å². The zero-order valence-electron chi connectivity index (χ0n) is 7.41. The lowest BCUT2D eigenvalue weighted by Crippen LogP contribution is -2.50. The van der Waals surface area contributed by atoms with Crippen LogP contribution in [0.25, 0.3) is 0 Å². The van der Waals surface area contributed by atoms with Crippen LogP contribution in [0.4, 0.5) is 13.2 Å². The number of alkyl halides is 3. The summed E-state index contributed by atoms with van der Waals surface area (Å²) in [6, 6.07) is 0. The molecule has 14 heavy (non-hydrogen) atoms. The standard InChI is InChI=1S/C7H10F3N3O/c1-13-3-2-12-5(13)6(14,4-11)7(8,9)10/h2-3,14H,4,11H2,1H3/t6-/m0/s1. The minimum Gasteiger partial charge on any atom is -0.373 e. The van der Waals surface area contributed by atoms with E-state index in [0.717, 1.165) is 4.57 Å². The van der Waals surface area contributed by atoms with Crippen LogP contribution in [0.15, 0.2) is 12.4 Å². The Morgan fingerprint density at radius 3 is 2.43 bits per heavy atom. The average molecular weight is 209 g/mol. The van der Waals surface area contributed by atoms with Gasteiger partial charge >= 0.3 is 6.18 Å². The summed E-state index contributed by atoms with van der Waals surface area (Å²) in [7, 11) is 1.36. The minimum atomic E-state index is -4.83. The van der Waals surface area contributed by atoms with E-state index in [9.17, 15) is 18.3 Å². The third kappa shape index (κ3) is 1.48. The molecule has 1 rings (SSSR count). The van der Waals surface area contributed by atoms with Crippen LogP contribution in [0.5, 0.6) is 0 Å². The summed E-state index contributed by atoms with van der Waals surface area (Å²) in [6.45, 7) is -0.957. The topological polar surface area (TPSA) is 64.1 Å². The van der Waals surface area contributed by atoms with Gasteiger partial charge in [-0.2, -0.15) is 13.2 Å². The molecule has 0 aliphatic carbocycles. The van der Waals surface area contributed by atoms with Crippen LogP contribution in [0.3, 0.4) is 0 Å². The van der Waals surface area contributed by atoms with Crippen molar-refractivity contribution >= 4 is 0 Å². The molecular formula is C7H10F3N3O. The Kier molecular flexibility index (Phi) is 2.55. The molecule has 0 radical (unpaired) electrons. The van der Waals surface area contributed by atoms with Crippen molar-refractivity contribution in [2.24, 2.45) is 12.8 Å². The molecule has 1 aromatic heterocycles. The Hall–Kier alpha value is -1.08. The fraction of sp³-hybridized carbons (Fsp3) is 0.571. The first kappa shape index (κ1) is 11.0. The highest BCUT2D eigenvalue weighted by atomic mass is 19.4. The van der Waals surface area contributed by atoms with Gasteiger partial charge in [0.25, 0.3) is 0 Å². The van der Waals surface area contributed by atoms with Gasteiger partial charge in [0.05, 0.1) is 0 Å². The Bertz CT molecular complexity index is 322. The maximum Gasteiger partial charge on any atom is 0.425 e. The second kappa shape index (κ2) is 3.25. The van der Waals surface area contributed by atoms with Gasteiger partial charge in [0.1, 0.15) is 0 Å². The molecule has 0 aliphatic rings. The molecule has 0 saturated heterocycles. The number of hydrogen-bond donors (Lipinski definition) is 2. The molecule has 3 N–H and O–H groups in total. The number of nitrogens with zero attached hydrogens (tertiary/aromatic N) is 2. The number of aryl methyl sites for hydroxylation is 1. The van der Waals surface area contributed by atoms with Crippen LogP contribution in [0, 0.1) is 0 Å². The maximum absolute atomic E-state index is 12.5. The van der Waals surface area contributed by atoms with Crippen LogP contribution >= 0.6 is 0 Å². The summed E-state index contributed by atoms with van der Waals surface area (Å²) in [5.74, 6) is -0.507. The van der Waals surface area contributed by atoms with Crippen molar-refractivity contribution in [2.45, 2.75) is 11.8 Å². The predicted molar refractivity (Wildman–Crippen MR) is 42.2 cm³/mol. The summed E-state index contributed by atoms with van der Waals surface area (Å²) in [6.07, 6.45) is -2.36. The van der Waals surface area contributed by atoms with E-state index in [2.05, 4.69) is 4.98 Å². The summed E-state index contributed by atoms with van der Waals surface area (Å²) < 4.78 is 38.5. The highest BCUT2D eigenvalue weighted by molar-refractivity contribution is 5.08. The molecule has 0 amide bonds. The van der Waals surface area contributed by atoms with Gasteiger partial charge in [-0.25, -0.2) is 4.98 Å². The first-order valence-electron chi connectivity index (χ1n) is 3.80. The fourth-order valence-corrected chi connectivity index (χ4v) is 1.10. The number of imidazole rings is 1. The second-order valence-corrected chi connectivity index (χ2v) is 2.92. The van der Waals surface area contributed by atoms with E-state index in [1.165, 1.54) is 19.4 Å². The molecule has 0 spiro atoms. The molecule has 0 unspecified atom stereocenters. The normalized spacial score (nSPS) is 16.7. The maximum atomic E-state index is 12.5. The van der Waals surface area contributed by atoms with Crippen molar-refractivity contribution < 1.29 is 18.3 Å². The zero-order valence-corrected chi connectivity index (χ0v) is 7.41. The van der Waals surface area contributed by atoms with E-state index < -0.39 is 24.1 Å². The summed E-state index contributed by atoms with van der Waals surface area (Å²) >= 11 is 0. The van der Waals surface area contributed by atoms with Crippen molar-refractivity contribution in [2.75, 3.05) is 6.54 Å². The molecule has 0 aromatic carbocycles. The molecule has 4 nitrogen and oxygen atoms in total. The number of halogens is 3. The highest BCUT2D eigenvalue weighted by Crippen LogP contribution is 2.36. The Morgan fingerprint density at radius 1 is 1.57 bits per heavy atom. The van der Waals surface area contributed by atoms with Gasteiger partial charge in [0.15, 0.2) is 5.82 Å². The van der Waals surface area contributed by atoms with E-state index in [4.69, 9.17) is 5.73 Å². The minimum absolute atomic E-state index is 0.507. The van der Waals surface area contributed by atoms with E-state index in [-0.39, 0.29) is 0 Å². The number of rotatable bonds is 2. The fourth-order valence-electron chi connectivity index (χ4n) is 1.10. The molecule has 0 saturated carbocycles. The first-order chi connectivity index (χ1) is 6.33. The lowest BCUT2D eigenvalue weighted by molar-refractivity contribution is -0.265. The second-order valence-electron chi connectivity index (χ2n) is 2.92. The smallest absolute Gasteiger partial charge is 0.373 e. The SMILES string of the molecule is Cn1ccnc1[C@@](O)(CN)C(F)(F)F. The number of hydrogen-bond acceptors (Lipinski definition) is 3. The number of nitrogens with two attached hydrogens (primary N) is 1. The predicted octanol–water partition coefficient (Wildman–Crippen LogP) is 0.129. The van der Waals surface area contributed by atoms with Gasteiger partial charge in [0, 0.05) is 26.0 Å². The Balaban J connectivity index is 3.22. The van der Waals surface area contributed by atoms with Crippen molar-refractivity contribution in [3.63, 3.8) is 0 Å². The Labute approximate surface area is 78.2 Å². The number of aliphatic hydroxyl groups is 1. The van der Waals surface area contributed by atoms with Gasteiger partial charge in [-0.05, 0) is 0 Å². The molecule has 0 bridgehead atoms. The largest absolute Gasteiger partial charge is 0.425 e. The third-order valence-electron chi connectivity index (χ3n) is 1.96. The van der Waals surface area contributed by atoms with Crippen LogP contribution in [0.1, 0.15) is 5.82 Å². The van der Waals surface area contributed by atoms with Gasteiger partial charge in [0.2, 0.25) is 5.60 Å². The Morgan fingerprint density at radius 2 is 2.14 bits per heavy atom. The molecule has 1 aromatic rings. The number of aromatic nitrogens is 2. The molecule has 1 heterocycles. The van der Waals surface area contributed by atoms with E-state index in [1.54, 1.807) is 0 Å². The van der Waals surface area contributed by atoms with E-state index >= 15 is 0 Å². The highest BCUT2D eigenvalue weighted by Gasteiger charge is 2.56. The third-order valence-corrected chi connectivity index (χ3v) is 1.96. The van der Waals surface area contributed by atoms with Crippen LogP contribution in [-0.4, -0.2) is 27.4 Å². The van der Waals surface area contributed by atoms with Crippen molar-refractivity contribution in [3.8, 4) is 0 Å². The quantitative estimate of drug-likeness (QED) is 0.727. The molecule has 0 fully saturated rings. The monoisotopic (exact) mass is 209 g/mol. The van der Waals surface area contributed by atoms with Gasteiger partial charge < -0.3 is 15.4 Å². The lowest BCUT2D eigenvalue weighted by atomic mass is 10.0. The molecule has 7 heteroatoms. The first-order valence-corrected chi connectivity index (χ1v) is 3.80. The summed E-state index contributed by atoms with van der Waals surface area (Å²) in [5.41, 5.74) is 1.85. The lowest BCUT2D eigenvalue weighted by Gasteiger charge is -2.28. The summed E-state index contributed by atoms with van der Waals surface area (Å²) in [5, 5.41) is 9.36. The molecule has 80 valence electrons. The average Bonchev–Trinajstić information content (AvgIpc) is 2.48. The van der Waals surface area contributed by atoms with Crippen molar-refractivity contribution in [1.29, 1.82) is 0 Å². The molecular weight excluding hydrogens is 199 g/mol. The van der Waals surface area contributed by atoms with Gasteiger partial charge in [-0.3, -0.25) is 0 Å². The van der Waals surface area contributed by atoms with Gasteiger partial charge in [-0.15, -0.1) is 0 Å². The van der Waals surface area contributed by atoms with Crippen LogP contribution < -0.4 is 5.73 Å². The van der Waals surface area contributed by atoms with Crippen molar-refractivity contribution in [1.82, 2.24) is 9.55 Å². The molecule has 0 aliphatic heterocycles. The summed E-state index contributed by atoms with van der Waals surface area (Å²) in [4.78, 5) is 3.44.